The van der Waals surface area contributed by atoms with Crippen LogP contribution in [0.3, 0.4) is 0 Å². The highest BCUT2D eigenvalue weighted by Crippen LogP contribution is 2.28. The van der Waals surface area contributed by atoms with Gasteiger partial charge in [-0.3, -0.25) is 14.2 Å². The van der Waals surface area contributed by atoms with Gasteiger partial charge < -0.3 is 9.80 Å². The van der Waals surface area contributed by atoms with Crippen LogP contribution in [0.25, 0.3) is 0 Å². The molecule has 2 aliphatic rings. The summed E-state index contributed by atoms with van der Waals surface area (Å²) in [4.78, 5) is 34.7. The van der Waals surface area contributed by atoms with Crippen LogP contribution in [0, 0.1) is 12.8 Å². The standard InChI is InChI=1S/C21H25ClN4O2S/c1-3-18-14(2)23-21-26(20(18)28)12-15(13-29-21)19(27)25-10-8-24(9-11-25)17-6-4-16(22)5-7-17/h4-7,15H,3,8-13H2,1-2H3. The molecule has 1 aromatic carbocycles. The van der Waals surface area contributed by atoms with E-state index in [1.165, 1.54) is 11.8 Å². The molecule has 0 aliphatic carbocycles. The average molecular weight is 433 g/mol. The number of amides is 1. The number of hydrogen-bond acceptors (Lipinski definition) is 5. The van der Waals surface area contributed by atoms with Crippen molar-refractivity contribution >= 4 is 35.0 Å². The number of aromatic nitrogens is 2. The van der Waals surface area contributed by atoms with Crippen molar-refractivity contribution < 1.29 is 4.79 Å². The summed E-state index contributed by atoms with van der Waals surface area (Å²) < 4.78 is 1.70. The Morgan fingerprint density at radius 1 is 1.21 bits per heavy atom. The molecule has 0 radical (unpaired) electrons. The van der Waals surface area contributed by atoms with Crippen LogP contribution in [0.5, 0.6) is 0 Å². The molecule has 29 heavy (non-hydrogen) atoms. The van der Waals surface area contributed by atoms with Crippen molar-refractivity contribution in [2.45, 2.75) is 32.0 Å². The first kappa shape index (κ1) is 20.3. The minimum Gasteiger partial charge on any atom is -0.368 e. The fourth-order valence-electron chi connectivity index (χ4n) is 4.05. The summed E-state index contributed by atoms with van der Waals surface area (Å²) in [6, 6.07) is 7.81. The Morgan fingerprint density at radius 2 is 1.90 bits per heavy atom. The van der Waals surface area contributed by atoms with Gasteiger partial charge in [0.1, 0.15) is 0 Å². The number of thioether (sulfide) groups is 1. The quantitative estimate of drug-likeness (QED) is 0.698. The molecule has 1 aromatic heterocycles. The minimum atomic E-state index is -0.179. The fourth-order valence-corrected chi connectivity index (χ4v) is 5.29. The first-order valence-electron chi connectivity index (χ1n) is 10.0. The summed E-state index contributed by atoms with van der Waals surface area (Å²) >= 11 is 7.49. The smallest absolute Gasteiger partial charge is 0.257 e. The van der Waals surface area contributed by atoms with Crippen LogP contribution < -0.4 is 10.5 Å². The number of halogens is 1. The van der Waals surface area contributed by atoms with E-state index in [9.17, 15) is 9.59 Å². The van der Waals surface area contributed by atoms with Gasteiger partial charge >= 0.3 is 0 Å². The Kier molecular flexibility index (Phi) is 5.88. The van der Waals surface area contributed by atoms with E-state index >= 15 is 0 Å². The lowest BCUT2D eigenvalue weighted by Gasteiger charge is -2.38. The molecule has 0 bridgehead atoms. The maximum Gasteiger partial charge on any atom is 0.257 e. The van der Waals surface area contributed by atoms with Crippen LogP contribution in [0.2, 0.25) is 5.02 Å². The molecule has 2 aliphatic heterocycles. The maximum atomic E-state index is 13.1. The second-order valence-corrected chi connectivity index (χ2v) is 8.95. The Morgan fingerprint density at radius 3 is 2.55 bits per heavy atom. The summed E-state index contributed by atoms with van der Waals surface area (Å²) in [5.41, 5.74) is 2.69. The monoisotopic (exact) mass is 432 g/mol. The third kappa shape index (κ3) is 4.03. The highest BCUT2D eigenvalue weighted by molar-refractivity contribution is 7.99. The second-order valence-electron chi connectivity index (χ2n) is 7.52. The van der Waals surface area contributed by atoms with Gasteiger partial charge in [-0.15, -0.1) is 0 Å². The number of aryl methyl sites for hydroxylation is 1. The van der Waals surface area contributed by atoms with Gasteiger partial charge in [0.15, 0.2) is 5.16 Å². The molecule has 1 unspecified atom stereocenters. The van der Waals surface area contributed by atoms with Crippen molar-refractivity contribution in [3.05, 3.63) is 50.9 Å². The van der Waals surface area contributed by atoms with E-state index < -0.39 is 0 Å². The van der Waals surface area contributed by atoms with Crippen LogP contribution >= 0.6 is 23.4 Å². The first-order valence-corrected chi connectivity index (χ1v) is 11.4. The lowest BCUT2D eigenvalue weighted by molar-refractivity contribution is -0.135. The van der Waals surface area contributed by atoms with E-state index in [2.05, 4.69) is 9.88 Å². The number of carbonyl (C=O) groups excluding carboxylic acids is 1. The predicted octanol–water partition coefficient (Wildman–Crippen LogP) is 2.84. The van der Waals surface area contributed by atoms with E-state index in [1.807, 2.05) is 43.0 Å². The molecule has 0 spiro atoms. The molecular weight excluding hydrogens is 408 g/mol. The minimum absolute atomic E-state index is 0.00700. The lowest BCUT2D eigenvalue weighted by Crippen LogP contribution is -2.52. The molecule has 0 saturated carbocycles. The van der Waals surface area contributed by atoms with E-state index in [0.717, 1.165) is 40.2 Å². The van der Waals surface area contributed by atoms with Gasteiger partial charge in [0.25, 0.3) is 5.56 Å². The van der Waals surface area contributed by atoms with Crippen LogP contribution in [-0.4, -0.2) is 52.3 Å². The number of benzene rings is 1. The number of hydrogen-bond donors (Lipinski definition) is 0. The topological polar surface area (TPSA) is 58.4 Å². The number of anilines is 1. The highest BCUT2D eigenvalue weighted by atomic mass is 35.5. The van der Waals surface area contributed by atoms with Crippen LogP contribution in [0.1, 0.15) is 18.2 Å². The normalized spacial score (nSPS) is 19.2. The van der Waals surface area contributed by atoms with Gasteiger partial charge in [0, 0.05) is 60.4 Å². The number of nitrogens with zero attached hydrogens (tertiary/aromatic N) is 4. The van der Waals surface area contributed by atoms with E-state index in [4.69, 9.17) is 11.6 Å². The molecule has 1 fully saturated rings. The molecule has 1 saturated heterocycles. The van der Waals surface area contributed by atoms with Crippen molar-refractivity contribution in [2.24, 2.45) is 5.92 Å². The predicted molar refractivity (Wildman–Crippen MR) is 117 cm³/mol. The highest BCUT2D eigenvalue weighted by Gasteiger charge is 2.32. The van der Waals surface area contributed by atoms with Crippen LogP contribution in [-0.2, 0) is 17.8 Å². The van der Waals surface area contributed by atoms with Gasteiger partial charge in [-0.05, 0) is 37.6 Å². The van der Waals surface area contributed by atoms with Gasteiger partial charge in [0.05, 0.1) is 5.92 Å². The first-order chi connectivity index (χ1) is 14.0. The van der Waals surface area contributed by atoms with Crippen LogP contribution in [0.15, 0.2) is 34.2 Å². The summed E-state index contributed by atoms with van der Waals surface area (Å²) in [7, 11) is 0. The average Bonchev–Trinajstić information content (AvgIpc) is 2.74. The van der Waals surface area contributed by atoms with Crippen molar-refractivity contribution in [3.8, 4) is 0 Å². The zero-order valence-electron chi connectivity index (χ0n) is 16.7. The molecule has 1 atom stereocenters. The summed E-state index contributed by atoms with van der Waals surface area (Å²) in [5, 5.41) is 1.46. The molecule has 154 valence electrons. The van der Waals surface area contributed by atoms with Gasteiger partial charge in [0.2, 0.25) is 5.91 Å². The molecule has 4 rings (SSSR count). The van der Waals surface area contributed by atoms with E-state index in [-0.39, 0.29) is 17.4 Å². The van der Waals surface area contributed by atoms with Crippen molar-refractivity contribution in [1.29, 1.82) is 0 Å². The number of carbonyl (C=O) groups is 1. The molecule has 8 heteroatoms. The molecule has 3 heterocycles. The number of fused-ring (bicyclic) bond motifs is 1. The number of rotatable bonds is 3. The van der Waals surface area contributed by atoms with Crippen LogP contribution in [0.4, 0.5) is 5.69 Å². The summed E-state index contributed by atoms with van der Waals surface area (Å²) in [6.45, 7) is 7.26. The Hall–Kier alpha value is -1.99. The summed E-state index contributed by atoms with van der Waals surface area (Å²) in [5.74, 6) is 0.638. The summed E-state index contributed by atoms with van der Waals surface area (Å²) in [6.07, 6.45) is 0.661. The second kappa shape index (κ2) is 8.40. The van der Waals surface area contributed by atoms with Crippen molar-refractivity contribution in [1.82, 2.24) is 14.5 Å². The Labute approximate surface area is 179 Å². The Bertz CT molecular complexity index is 968. The maximum absolute atomic E-state index is 13.1. The molecule has 6 nitrogen and oxygen atoms in total. The van der Waals surface area contributed by atoms with E-state index in [1.54, 1.807) is 4.57 Å². The molecular formula is C21H25ClN4O2S. The lowest BCUT2D eigenvalue weighted by atomic mass is 10.1. The van der Waals surface area contributed by atoms with Crippen molar-refractivity contribution in [3.63, 3.8) is 0 Å². The fraction of sp³-hybridized carbons (Fsp3) is 0.476. The van der Waals surface area contributed by atoms with Crippen molar-refractivity contribution in [2.75, 3.05) is 36.8 Å². The third-order valence-corrected chi connectivity index (χ3v) is 7.13. The van der Waals surface area contributed by atoms with E-state index in [0.29, 0.717) is 31.8 Å². The SMILES string of the molecule is CCc1c(C)nc2n(c1=O)CC(C(=O)N1CCN(c3ccc(Cl)cc3)CC1)CS2. The van der Waals surface area contributed by atoms with Gasteiger partial charge in [-0.1, -0.05) is 30.3 Å². The molecule has 2 aromatic rings. The zero-order chi connectivity index (χ0) is 20.5. The number of piperazine rings is 1. The third-order valence-electron chi connectivity index (χ3n) is 5.74. The van der Waals surface area contributed by atoms with Gasteiger partial charge in [-0.25, -0.2) is 4.98 Å². The zero-order valence-corrected chi connectivity index (χ0v) is 18.3. The van der Waals surface area contributed by atoms with Gasteiger partial charge in [-0.2, -0.15) is 0 Å². The Balaban J connectivity index is 1.43. The molecule has 0 N–H and O–H groups in total. The largest absolute Gasteiger partial charge is 0.368 e. The molecule has 1 amide bonds.